The molecule has 0 heterocycles. The van der Waals surface area contributed by atoms with Crippen LogP contribution in [0.2, 0.25) is 0 Å². The third kappa shape index (κ3) is 2.76. The van der Waals surface area contributed by atoms with Crippen molar-refractivity contribution in [3.8, 4) is 5.75 Å². The van der Waals surface area contributed by atoms with Crippen LogP contribution in [0.1, 0.15) is 31.4 Å². The van der Waals surface area contributed by atoms with Gasteiger partial charge in [-0.25, -0.2) is 0 Å². The van der Waals surface area contributed by atoms with Gasteiger partial charge >= 0.3 is 0 Å². The van der Waals surface area contributed by atoms with Crippen LogP contribution in [-0.4, -0.2) is 5.11 Å². The van der Waals surface area contributed by atoms with Crippen LogP contribution in [0.3, 0.4) is 0 Å². The Morgan fingerprint density at radius 2 is 2.08 bits per heavy atom. The molecule has 1 aromatic carbocycles. The summed E-state index contributed by atoms with van der Waals surface area (Å²) in [5.74, 6) is 1.08. The molecule has 1 rings (SSSR count). The van der Waals surface area contributed by atoms with Crippen LogP contribution in [0, 0.1) is 12.8 Å². The lowest BCUT2D eigenvalue weighted by molar-refractivity contribution is 0.457. The van der Waals surface area contributed by atoms with Crippen molar-refractivity contribution in [2.75, 3.05) is 0 Å². The topological polar surface area (TPSA) is 20.2 Å². The van der Waals surface area contributed by atoms with Gasteiger partial charge in [0.05, 0.1) is 0 Å². The van der Waals surface area contributed by atoms with E-state index < -0.39 is 0 Å². The van der Waals surface area contributed by atoms with Gasteiger partial charge in [0.15, 0.2) is 0 Å². The smallest absolute Gasteiger partial charge is 0.118 e. The predicted octanol–water partition coefficient (Wildman–Crippen LogP) is 3.29. The first-order valence-corrected chi connectivity index (χ1v) is 4.92. The van der Waals surface area contributed by atoms with Crippen molar-refractivity contribution in [1.29, 1.82) is 0 Å². The maximum atomic E-state index is 9.58. The van der Waals surface area contributed by atoms with E-state index in [9.17, 15) is 5.11 Å². The van der Waals surface area contributed by atoms with Crippen LogP contribution in [-0.2, 0) is 6.42 Å². The minimum atomic E-state index is 0.436. The summed E-state index contributed by atoms with van der Waals surface area (Å²) in [7, 11) is 0. The summed E-state index contributed by atoms with van der Waals surface area (Å²) in [6.45, 7) is 6.44. The van der Waals surface area contributed by atoms with Crippen LogP contribution in [0.5, 0.6) is 5.75 Å². The van der Waals surface area contributed by atoms with E-state index in [1.54, 1.807) is 6.07 Å². The number of aryl methyl sites for hydroxylation is 1. The quantitative estimate of drug-likeness (QED) is 0.753. The Bertz CT molecular complexity index is 278. The molecule has 0 fully saturated rings. The zero-order chi connectivity index (χ0) is 9.84. The normalized spacial score (nSPS) is 12.8. The fourth-order valence-corrected chi connectivity index (χ4v) is 1.40. The molecular formula is C12H18O. The molecule has 0 aliphatic heterocycles. The summed E-state index contributed by atoms with van der Waals surface area (Å²) in [6, 6.07) is 5.80. The lowest BCUT2D eigenvalue weighted by Gasteiger charge is -2.10. The molecule has 13 heavy (non-hydrogen) atoms. The van der Waals surface area contributed by atoms with Gasteiger partial charge in [0.1, 0.15) is 5.75 Å². The fourth-order valence-electron chi connectivity index (χ4n) is 1.40. The van der Waals surface area contributed by atoms with Crippen LogP contribution in [0.4, 0.5) is 0 Å². The molecule has 0 spiro atoms. The predicted molar refractivity (Wildman–Crippen MR) is 56.0 cm³/mol. The van der Waals surface area contributed by atoms with Crippen molar-refractivity contribution in [3.63, 3.8) is 0 Å². The van der Waals surface area contributed by atoms with E-state index in [2.05, 4.69) is 26.8 Å². The minimum absolute atomic E-state index is 0.436. The lowest BCUT2D eigenvalue weighted by Crippen LogP contribution is -1.98. The van der Waals surface area contributed by atoms with Gasteiger partial charge < -0.3 is 5.11 Å². The van der Waals surface area contributed by atoms with Gasteiger partial charge in [0.25, 0.3) is 0 Å². The van der Waals surface area contributed by atoms with E-state index in [1.165, 1.54) is 5.56 Å². The highest BCUT2D eigenvalue weighted by molar-refractivity contribution is 5.35. The number of benzene rings is 1. The summed E-state index contributed by atoms with van der Waals surface area (Å²) in [6.07, 6.45) is 2.14. The Balaban J connectivity index is 2.81. The van der Waals surface area contributed by atoms with Gasteiger partial charge in [0, 0.05) is 0 Å². The molecule has 0 saturated carbocycles. The standard InChI is InChI=1S/C12H18O/c1-4-9(2)7-11-8-10(3)5-6-12(11)13/h5-6,8-9,13H,4,7H2,1-3H3/t9-/m0/s1. The highest BCUT2D eigenvalue weighted by Gasteiger charge is 2.05. The molecule has 0 aromatic heterocycles. The van der Waals surface area contributed by atoms with E-state index >= 15 is 0 Å². The summed E-state index contributed by atoms with van der Waals surface area (Å²) >= 11 is 0. The van der Waals surface area contributed by atoms with Crippen molar-refractivity contribution in [2.45, 2.75) is 33.6 Å². The molecule has 0 bridgehead atoms. The summed E-state index contributed by atoms with van der Waals surface area (Å²) < 4.78 is 0. The second-order valence-corrected chi connectivity index (χ2v) is 3.85. The average Bonchev–Trinajstić information content (AvgIpc) is 2.11. The maximum Gasteiger partial charge on any atom is 0.118 e. The van der Waals surface area contributed by atoms with Gasteiger partial charge in [0.2, 0.25) is 0 Å². The van der Waals surface area contributed by atoms with Crippen LogP contribution in [0.15, 0.2) is 18.2 Å². The zero-order valence-electron chi connectivity index (χ0n) is 8.67. The number of hydrogen-bond acceptors (Lipinski definition) is 1. The number of phenols is 1. The second-order valence-electron chi connectivity index (χ2n) is 3.85. The molecule has 0 amide bonds. The molecule has 72 valence electrons. The maximum absolute atomic E-state index is 9.58. The van der Waals surface area contributed by atoms with Gasteiger partial charge in [-0.15, -0.1) is 0 Å². The van der Waals surface area contributed by atoms with E-state index in [0.717, 1.165) is 18.4 Å². The Labute approximate surface area is 80.4 Å². The first-order chi connectivity index (χ1) is 6.13. The molecule has 0 aliphatic carbocycles. The highest BCUT2D eigenvalue weighted by atomic mass is 16.3. The van der Waals surface area contributed by atoms with E-state index in [1.807, 2.05) is 6.07 Å². The molecule has 1 nitrogen and oxygen atoms in total. The first-order valence-electron chi connectivity index (χ1n) is 4.92. The number of hydrogen-bond donors (Lipinski definition) is 1. The summed E-state index contributed by atoms with van der Waals surface area (Å²) in [5, 5.41) is 9.58. The van der Waals surface area contributed by atoms with Crippen LogP contribution >= 0.6 is 0 Å². The number of phenolic OH excluding ortho intramolecular Hbond substituents is 1. The molecule has 0 radical (unpaired) electrons. The van der Waals surface area contributed by atoms with Gasteiger partial charge in [-0.05, 0) is 30.9 Å². The van der Waals surface area contributed by atoms with E-state index in [4.69, 9.17) is 0 Å². The molecular weight excluding hydrogens is 160 g/mol. The monoisotopic (exact) mass is 178 g/mol. The molecule has 0 aliphatic rings. The molecule has 0 saturated heterocycles. The van der Waals surface area contributed by atoms with E-state index in [0.29, 0.717) is 11.7 Å². The van der Waals surface area contributed by atoms with E-state index in [-0.39, 0.29) is 0 Å². The van der Waals surface area contributed by atoms with Crippen molar-refractivity contribution in [2.24, 2.45) is 5.92 Å². The molecule has 1 N–H and O–H groups in total. The Morgan fingerprint density at radius 3 is 2.69 bits per heavy atom. The third-order valence-electron chi connectivity index (χ3n) is 2.50. The van der Waals surface area contributed by atoms with Gasteiger partial charge in [-0.2, -0.15) is 0 Å². The Hall–Kier alpha value is -0.980. The summed E-state index contributed by atoms with van der Waals surface area (Å²) in [5.41, 5.74) is 2.30. The second kappa shape index (κ2) is 4.31. The van der Waals surface area contributed by atoms with Crippen LogP contribution in [0.25, 0.3) is 0 Å². The van der Waals surface area contributed by atoms with Crippen LogP contribution < -0.4 is 0 Å². The Morgan fingerprint density at radius 1 is 1.38 bits per heavy atom. The number of rotatable bonds is 3. The molecule has 0 unspecified atom stereocenters. The van der Waals surface area contributed by atoms with Gasteiger partial charge in [-0.3, -0.25) is 0 Å². The summed E-state index contributed by atoms with van der Waals surface area (Å²) in [4.78, 5) is 0. The van der Waals surface area contributed by atoms with Crippen molar-refractivity contribution < 1.29 is 5.11 Å². The SMILES string of the molecule is CC[C@H](C)Cc1cc(C)ccc1O. The minimum Gasteiger partial charge on any atom is -0.508 e. The highest BCUT2D eigenvalue weighted by Crippen LogP contribution is 2.22. The fraction of sp³-hybridized carbons (Fsp3) is 0.500. The van der Waals surface area contributed by atoms with Crippen molar-refractivity contribution >= 4 is 0 Å². The third-order valence-corrected chi connectivity index (χ3v) is 2.50. The first kappa shape index (κ1) is 10.1. The Kier molecular flexibility index (Phi) is 3.35. The lowest BCUT2D eigenvalue weighted by atomic mass is 9.97. The molecule has 1 atom stereocenters. The van der Waals surface area contributed by atoms with Gasteiger partial charge in [-0.1, -0.05) is 38.0 Å². The largest absolute Gasteiger partial charge is 0.508 e. The average molecular weight is 178 g/mol. The van der Waals surface area contributed by atoms with Crippen molar-refractivity contribution in [1.82, 2.24) is 0 Å². The van der Waals surface area contributed by atoms with Crippen molar-refractivity contribution in [3.05, 3.63) is 29.3 Å². The molecule has 1 aromatic rings. The molecule has 1 heteroatoms. The zero-order valence-corrected chi connectivity index (χ0v) is 8.67. The number of aromatic hydroxyl groups is 1.